The topological polar surface area (TPSA) is 49.4 Å². The summed E-state index contributed by atoms with van der Waals surface area (Å²) in [6.45, 7) is 14.4. The van der Waals surface area contributed by atoms with Gasteiger partial charge in [-0.25, -0.2) is 0 Å². The first-order chi connectivity index (χ1) is 12.2. The van der Waals surface area contributed by atoms with Crippen LogP contribution in [0.2, 0.25) is 0 Å². The highest BCUT2D eigenvalue weighted by atomic mass is 32.1. The SMILES string of the molecule is C=CC(=O)NCC(C)(C)C1CCN(C(=O)CCc2cc(C)sc2C)CC1. The number of aryl methyl sites for hydroxylation is 3. The smallest absolute Gasteiger partial charge is 0.243 e. The number of rotatable bonds is 7. The molecule has 0 spiro atoms. The van der Waals surface area contributed by atoms with Crippen molar-refractivity contribution in [1.82, 2.24) is 10.2 Å². The van der Waals surface area contributed by atoms with Crippen molar-refractivity contribution in [2.45, 2.75) is 53.4 Å². The Labute approximate surface area is 161 Å². The molecule has 5 heteroatoms. The maximum atomic E-state index is 12.6. The third-order valence-electron chi connectivity index (χ3n) is 5.61. The number of nitrogens with zero attached hydrogens (tertiary/aromatic N) is 1. The van der Waals surface area contributed by atoms with Crippen LogP contribution in [-0.2, 0) is 16.0 Å². The zero-order valence-corrected chi connectivity index (χ0v) is 17.4. The van der Waals surface area contributed by atoms with Crippen molar-refractivity contribution < 1.29 is 9.59 Å². The predicted octanol–water partition coefficient (Wildman–Crippen LogP) is 3.86. The lowest BCUT2D eigenvalue weighted by atomic mass is 9.73. The Bertz CT molecular complexity index is 655. The van der Waals surface area contributed by atoms with Crippen LogP contribution in [0.25, 0.3) is 0 Å². The summed E-state index contributed by atoms with van der Waals surface area (Å²) in [4.78, 5) is 28.6. The molecule has 1 fully saturated rings. The zero-order chi connectivity index (χ0) is 19.3. The minimum Gasteiger partial charge on any atom is -0.352 e. The Balaban J connectivity index is 1.79. The highest BCUT2D eigenvalue weighted by Crippen LogP contribution is 2.34. The largest absolute Gasteiger partial charge is 0.352 e. The van der Waals surface area contributed by atoms with Crippen LogP contribution in [0.5, 0.6) is 0 Å². The zero-order valence-electron chi connectivity index (χ0n) is 16.6. The van der Waals surface area contributed by atoms with Crippen molar-refractivity contribution in [2.24, 2.45) is 11.3 Å². The van der Waals surface area contributed by atoms with E-state index in [1.807, 2.05) is 4.90 Å². The average Bonchev–Trinajstić information content (AvgIpc) is 2.95. The molecule has 0 aromatic carbocycles. The van der Waals surface area contributed by atoms with Gasteiger partial charge in [-0.3, -0.25) is 9.59 Å². The number of amides is 2. The highest BCUT2D eigenvalue weighted by molar-refractivity contribution is 7.12. The van der Waals surface area contributed by atoms with Gasteiger partial charge >= 0.3 is 0 Å². The van der Waals surface area contributed by atoms with Crippen LogP contribution >= 0.6 is 11.3 Å². The Morgan fingerprint density at radius 2 is 2.00 bits per heavy atom. The second kappa shape index (κ2) is 8.85. The fourth-order valence-electron chi connectivity index (χ4n) is 3.77. The molecule has 1 aliphatic rings. The molecule has 1 aromatic heterocycles. The summed E-state index contributed by atoms with van der Waals surface area (Å²) >= 11 is 1.81. The lowest BCUT2D eigenvalue weighted by Gasteiger charge is -2.40. The van der Waals surface area contributed by atoms with Gasteiger partial charge in [0.05, 0.1) is 0 Å². The average molecular weight is 377 g/mol. The molecule has 0 atom stereocenters. The van der Waals surface area contributed by atoms with Crippen molar-refractivity contribution in [3.8, 4) is 0 Å². The monoisotopic (exact) mass is 376 g/mol. The fourth-order valence-corrected chi connectivity index (χ4v) is 4.75. The van der Waals surface area contributed by atoms with E-state index in [2.05, 4.69) is 45.7 Å². The van der Waals surface area contributed by atoms with E-state index in [9.17, 15) is 9.59 Å². The molecule has 144 valence electrons. The molecule has 0 bridgehead atoms. The number of hydrogen-bond donors (Lipinski definition) is 1. The highest BCUT2D eigenvalue weighted by Gasteiger charge is 2.33. The number of nitrogens with one attached hydrogen (secondary N) is 1. The van der Waals surface area contributed by atoms with Gasteiger partial charge < -0.3 is 10.2 Å². The molecule has 1 N–H and O–H groups in total. The van der Waals surface area contributed by atoms with Crippen LogP contribution in [0, 0.1) is 25.2 Å². The number of hydrogen-bond acceptors (Lipinski definition) is 3. The summed E-state index contributed by atoms with van der Waals surface area (Å²) in [7, 11) is 0. The van der Waals surface area contributed by atoms with Gasteiger partial charge in [-0.2, -0.15) is 0 Å². The van der Waals surface area contributed by atoms with Crippen LogP contribution in [0.15, 0.2) is 18.7 Å². The van der Waals surface area contributed by atoms with Gasteiger partial charge in [-0.15, -0.1) is 11.3 Å². The summed E-state index contributed by atoms with van der Waals surface area (Å²) in [5, 5.41) is 2.91. The third kappa shape index (κ3) is 5.44. The summed E-state index contributed by atoms with van der Waals surface area (Å²) < 4.78 is 0. The van der Waals surface area contributed by atoms with E-state index in [-0.39, 0.29) is 17.2 Å². The molecule has 1 aromatic rings. The van der Waals surface area contributed by atoms with Crippen LogP contribution < -0.4 is 5.32 Å². The molecule has 0 aliphatic carbocycles. The van der Waals surface area contributed by atoms with Crippen molar-refractivity contribution >= 4 is 23.2 Å². The van der Waals surface area contributed by atoms with E-state index in [1.54, 1.807) is 11.3 Å². The molecule has 0 saturated carbocycles. The fraction of sp³-hybridized carbons (Fsp3) is 0.619. The van der Waals surface area contributed by atoms with Gasteiger partial charge in [-0.05, 0) is 62.1 Å². The number of carbonyl (C=O) groups excluding carboxylic acids is 2. The van der Waals surface area contributed by atoms with Crippen LogP contribution in [0.3, 0.4) is 0 Å². The maximum Gasteiger partial charge on any atom is 0.243 e. The molecule has 26 heavy (non-hydrogen) atoms. The van der Waals surface area contributed by atoms with Gasteiger partial charge in [0, 0.05) is 35.8 Å². The second-order valence-corrected chi connectivity index (χ2v) is 9.46. The van der Waals surface area contributed by atoms with Crippen LogP contribution in [-0.4, -0.2) is 36.3 Å². The normalized spacial score (nSPS) is 15.8. The molecule has 1 saturated heterocycles. The first-order valence-corrected chi connectivity index (χ1v) is 10.3. The molecular weight excluding hydrogens is 344 g/mol. The van der Waals surface area contributed by atoms with E-state index in [0.717, 1.165) is 32.4 Å². The van der Waals surface area contributed by atoms with Gasteiger partial charge in [0.1, 0.15) is 0 Å². The maximum absolute atomic E-state index is 12.6. The van der Waals surface area contributed by atoms with Gasteiger partial charge in [0.2, 0.25) is 11.8 Å². The summed E-state index contributed by atoms with van der Waals surface area (Å²) in [6.07, 6.45) is 4.75. The standard InChI is InChI=1S/C21H32N2O2S/c1-6-19(24)22-14-21(4,5)18-9-11-23(12-10-18)20(25)8-7-17-13-15(2)26-16(17)3/h6,13,18H,1,7-12,14H2,2-5H3,(H,22,24). The molecule has 0 unspecified atom stereocenters. The minimum absolute atomic E-state index is 0.0269. The Hall–Kier alpha value is -1.62. The summed E-state index contributed by atoms with van der Waals surface area (Å²) in [6, 6.07) is 2.21. The van der Waals surface area contributed by atoms with E-state index in [0.29, 0.717) is 18.9 Å². The Morgan fingerprint density at radius 1 is 1.35 bits per heavy atom. The van der Waals surface area contributed by atoms with Crippen LogP contribution in [0.4, 0.5) is 0 Å². The molecular formula is C21H32N2O2S. The number of piperidine rings is 1. The number of thiophene rings is 1. The second-order valence-electron chi connectivity index (χ2n) is 8.00. The Kier molecular flexibility index (Phi) is 7.04. The molecule has 0 radical (unpaired) electrons. The molecule has 1 aliphatic heterocycles. The van der Waals surface area contributed by atoms with Gasteiger partial charge in [-0.1, -0.05) is 20.4 Å². The molecule has 4 nitrogen and oxygen atoms in total. The van der Waals surface area contributed by atoms with Crippen molar-refractivity contribution in [3.63, 3.8) is 0 Å². The van der Waals surface area contributed by atoms with E-state index < -0.39 is 0 Å². The summed E-state index contributed by atoms with van der Waals surface area (Å²) in [5.74, 6) is 0.660. The van der Waals surface area contributed by atoms with Crippen molar-refractivity contribution in [2.75, 3.05) is 19.6 Å². The first-order valence-electron chi connectivity index (χ1n) is 9.47. The number of likely N-dealkylation sites (tertiary alicyclic amines) is 1. The van der Waals surface area contributed by atoms with Crippen molar-refractivity contribution in [3.05, 3.63) is 34.0 Å². The van der Waals surface area contributed by atoms with Crippen LogP contribution in [0.1, 0.15) is 48.4 Å². The third-order valence-corrected chi connectivity index (χ3v) is 6.62. The Morgan fingerprint density at radius 3 is 2.54 bits per heavy atom. The molecule has 2 rings (SSSR count). The first kappa shape index (κ1) is 20.7. The molecule has 2 heterocycles. The predicted molar refractivity (Wildman–Crippen MR) is 108 cm³/mol. The van der Waals surface area contributed by atoms with Gasteiger partial charge in [0.25, 0.3) is 0 Å². The minimum atomic E-state index is -0.121. The van der Waals surface area contributed by atoms with E-state index in [1.165, 1.54) is 21.4 Å². The van der Waals surface area contributed by atoms with Crippen molar-refractivity contribution in [1.29, 1.82) is 0 Å². The lowest BCUT2D eigenvalue weighted by Crippen LogP contribution is -2.45. The van der Waals surface area contributed by atoms with E-state index in [4.69, 9.17) is 0 Å². The number of carbonyl (C=O) groups is 2. The lowest BCUT2D eigenvalue weighted by molar-refractivity contribution is -0.133. The molecule has 2 amide bonds. The summed E-state index contributed by atoms with van der Waals surface area (Å²) in [5.41, 5.74) is 1.34. The van der Waals surface area contributed by atoms with E-state index >= 15 is 0 Å². The quantitative estimate of drug-likeness (QED) is 0.735. The van der Waals surface area contributed by atoms with Gasteiger partial charge in [0.15, 0.2) is 0 Å².